The van der Waals surface area contributed by atoms with Crippen molar-refractivity contribution in [3.8, 4) is 0 Å². The van der Waals surface area contributed by atoms with Crippen molar-refractivity contribution in [2.45, 2.75) is 327 Å². The number of hydrogen-bond acceptors (Lipinski definition) is 4. The van der Waals surface area contributed by atoms with E-state index in [-0.39, 0.29) is 6.61 Å². The predicted octanol–water partition coefficient (Wildman–Crippen LogP) is 17.3. The van der Waals surface area contributed by atoms with Gasteiger partial charge >= 0.3 is 0 Å². The quantitative estimate of drug-likeness (QED) is 0.0362. The lowest BCUT2D eigenvalue weighted by molar-refractivity contribution is -0.131. The topological polar surface area (TPSA) is 89.8 Å². The molecule has 0 aliphatic rings. The van der Waals surface area contributed by atoms with E-state index in [1.54, 1.807) is 0 Å². The van der Waals surface area contributed by atoms with Crippen LogP contribution in [0, 0.1) is 0 Å². The highest BCUT2D eigenvalue weighted by Crippen LogP contribution is 2.18. The first-order valence-electron chi connectivity index (χ1n) is 28.1. The van der Waals surface area contributed by atoms with E-state index in [2.05, 4.69) is 43.5 Å². The lowest BCUT2D eigenvalue weighted by Crippen LogP contribution is -2.49. The normalized spacial score (nSPS) is 13.4. The summed E-state index contributed by atoms with van der Waals surface area (Å²) in [5, 5.41) is 33.5. The minimum Gasteiger partial charge on any atom is -0.394 e. The Kier molecular flexibility index (Phi) is 51.5. The molecule has 3 unspecified atom stereocenters. The van der Waals surface area contributed by atoms with Crippen LogP contribution < -0.4 is 5.32 Å². The molecule has 0 aromatic carbocycles. The van der Waals surface area contributed by atoms with Gasteiger partial charge in [-0.3, -0.25) is 4.79 Å². The van der Waals surface area contributed by atoms with Crippen molar-refractivity contribution >= 4 is 5.91 Å². The fraction of sp³-hybridized carbons (Fsp3) is 0.912. The largest absolute Gasteiger partial charge is 0.394 e. The molecule has 4 N–H and O–H groups in total. The molecule has 0 saturated heterocycles. The average Bonchev–Trinajstić information content (AvgIpc) is 3.28. The molecule has 0 saturated carbocycles. The number of rotatable bonds is 52. The van der Waals surface area contributed by atoms with Crippen molar-refractivity contribution in [3.63, 3.8) is 0 Å². The summed E-state index contributed by atoms with van der Waals surface area (Å²) in [7, 11) is 0. The summed E-state index contributed by atoms with van der Waals surface area (Å²) < 4.78 is 0. The fourth-order valence-electron chi connectivity index (χ4n) is 8.93. The van der Waals surface area contributed by atoms with Crippen molar-refractivity contribution < 1.29 is 20.1 Å². The summed E-state index contributed by atoms with van der Waals surface area (Å²) in [6.07, 6.45) is 66.5. The van der Waals surface area contributed by atoms with Crippen molar-refractivity contribution in [3.05, 3.63) is 24.3 Å². The first-order chi connectivity index (χ1) is 30.6. The smallest absolute Gasteiger partial charge is 0.249 e. The highest BCUT2D eigenvalue weighted by molar-refractivity contribution is 5.80. The number of carbonyl (C=O) groups is 1. The van der Waals surface area contributed by atoms with Crippen molar-refractivity contribution in [2.75, 3.05) is 6.61 Å². The van der Waals surface area contributed by atoms with Crippen LogP contribution in [-0.4, -0.2) is 46.1 Å². The summed E-state index contributed by atoms with van der Waals surface area (Å²) in [6.45, 7) is 4.26. The summed E-state index contributed by atoms with van der Waals surface area (Å²) in [6, 6.07) is -0.711. The zero-order chi connectivity index (χ0) is 45.1. The van der Waals surface area contributed by atoms with E-state index in [1.165, 1.54) is 244 Å². The Morgan fingerprint density at radius 3 is 0.968 bits per heavy atom. The minimum atomic E-state index is -1.07. The first kappa shape index (κ1) is 60.8. The molecule has 0 aromatic heterocycles. The number of allylic oxidation sites excluding steroid dienone is 4. The van der Waals surface area contributed by atoms with E-state index < -0.39 is 24.2 Å². The molecule has 0 aliphatic carbocycles. The summed E-state index contributed by atoms with van der Waals surface area (Å²) >= 11 is 0. The van der Waals surface area contributed by atoms with Crippen LogP contribution in [0.25, 0.3) is 0 Å². The number of amides is 1. The Morgan fingerprint density at radius 2 is 0.661 bits per heavy atom. The number of carbonyl (C=O) groups excluding carboxylic acids is 1. The molecule has 0 radical (unpaired) electrons. The Hall–Kier alpha value is -1.17. The third kappa shape index (κ3) is 46.8. The van der Waals surface area contributed by atoms with E-state index in [4.69, 9.17) is 0 Å². The maximum atomic E-state index is 12.6. The molecule has 0 fully saturated rings. The number of hydrogen-bond donors (Lipinski definition) is 4. The fourth-order valence-corrected chi connectivity index (χ4v) is 8.93. The Labute approximate surface area is 388 Å². The highest BCUT2D eigenvalue weighted by atomic mass is 16.3. The van der Waals surface area contributed by atoms with Gasteiger partial charge in [0.15, 0.2) is 0 Å². The molecular formula is C57H111NO4. The Balaban J connectivity index is 3.52. The van der Waals surface area contributed by atoms with Gasteiger partial charge in [0, 0.05) is 0 Å². The van der Waals surface area contributed by atoms with Gasteiger partial charge in [-0.05, 0) is 44.9 Å². The second kappa shape index (κ2) is 52.5. The van der Waals surface area contributed by atoms with Crippen LogP contribution in [0.15, 0.2) is 24.3 Å². The standard InChI is InChI=1S/C57H111NO4/c1-3-5-7-9-11-13-15-17-19-21-23-24-25-26-27-28-29-30-31-32-33-34-36-38-40-42-44-46-48-50-52-56(61)57(62)58-54(53-59)55(60)51-49-47-45-43-41-39-37-35-22-20-18-16-14-12-10-8-6-4-2/h23-24,26-27,54-56,59-61H,3-22,25,28-53H2,1-2H3,(H,58,62)/b24-23-,27-26-. The zero-order valence-electron chi connectivity index (χ0n) is 42.0. The molecule has 0 rings (SSSR count). The van der Waals surface area contributed by atoms with Crippen LogP contribution in [0.5, 0.6) is 0 Å². The third-order valence-electron chi connectivity index (χ3n) is 13.3. The van der Waals surface area contributed by atoms with E-state index in [0.29, 0.717) is 12.8 Å². The van der Waals surface area contributed by atoms with E-state index in [1.807, 2.05) is 0 Å². The highest BCUT2D eigenvalue weighted by Gasteiger charge is 2.23. The number of unbranched alkanes of at least 4 members (excludes halogenated alkanes) is 40. The molecule has 5 heteroatoms. The molecule has 1 amide bonds. The number of aliphatic hydroxyl groups excluding tert-OH is 3. The molecule has 3 atom stereocenters. The molecule has 0 aliphatic heterocycles. The van der Waals surface area contributed by atoms with Gasteiger partial charge in [0.2, 0.25) is 5.91 Å². The summed E-state index contributed by atoms with van der Waals surface area (Å²) in [4.78, 5) is 12.6. The average molecular weight is 875 g/mol. The van der Waals surface area contributed by atoms with Crippen LogP contribution in [0.1, 0.15) is 309 Å². The Bertz CT molecular complexity index is 920. The summed E-state index contributed by atoms with van der Waals surface area (Å²) in [5.41, 5.74) is 0. The molecular weight excluding hydrogens is 763 g/mol. The van der Waals surface area contributed by atoms with Gasteiger partial charge in [0.25, 0.3) is 0 Å². The molecule has 0 spiro atoms. The number of nitrogens with one attached hydrogen (secondary N) is 1. The predicted molar refractivity (Wildman–Crippen MR) is 273 cm³/mol. The van der Waals surface area contributed by atoms with Gasteiger partial charge in [-0.1, -0.05) is 289 Å². The molecule has 0 heterocycles. The minimum absolute atomic E-state index is 0.311. The van der Waals surface area contributed by atoms with Crippen molar-refractivity contribution in [1.29, 1.82) is 0 Å². The monoisotopic (exact) mass is 874 g/mol. The van der Waals surface area contributed by atoms with Gasteiger partial charge in [-0.25, -0.2) is 0 Å². The molecule has 0 aromatic rings. The Morgan fingerprint density at radius 1 is 0.387 bits per heavy atom. The maximum absolute atomic E-state index is 12.6. The molecule has 62 heavy (non-hydrogen) atoms. The third-order valence-corrected chi connectivity index (χ3v) is 13.3. The molecule has 0 bridgehead atoms. The van der Waals surface area contributed by atoms with Gasteiger partial charge in [0.05, 0.1) is 18.8 Å². The number of aliphatic hydroxyl groups is 3. The van der Waals surface area contributed by atoms with Crippen LogP contribution in [0.2, 0.25) is 0 Å². The molecule has 368 valence electrons. The van der Waals surface area contributed by atoms with E-state index in [0.717, 1.165) is 38.5 Å². The van der Waals surface area contributed by atoms with Crippen LogP contribution in [0.4, 0.5) is 0 Å². The molecule has 5 nitrogen and oxygen atoms in total. The first-order valence-corrected chi connectivity index (χ1v) is 28.1. The maximum Gasteiger partial charge on any atom is 0.249 e. The van der Waals surface area contributed by atoms with Crippen molar-refractivity contribution in [2.24, 2.45) is 0 Å². The van der Waals surface area contributed by atoms with Crippen LogP contribution in [0.3, 0.4) is 0 Å². The van der Waals surface area contributed by atoms with Crippen LogP contribution >= 0.6 is 0 Å². The second-order valence-corrected chi connectivity index (χ2v) is 19.5. The van der Waals surface area contributed by atoms with E-state index >= 15 is 0 Å². The lowest BCUT2D eigenvalue weighted by atomic mass is 10.0. The van der Waals surface area contributed by atoms with Crippen LogP contribution in [-0.2, 0) is 4.79 Å². The summed E-state index contributed by atoms with van der Waals surface area (Å²) in [5.74, 6) is -0.466. The van der Waals surface area contributed by atoms with E-state index in [9.17, 15) is 20.1 Å². The second-order valence-electron chi connectivity index (χ2n) is 19.5. The zero-order valence-corrected chi connectivity index (χ0v) is 42.0. The SMILES string of the molecule is CCCCCCCCCCC/C=C\C/C=C\CCCCCCCCCCCCCCCCC(O)C(=O)NC(CO)C(O)CCCCCCCCCCCCCCCCCCCC. The van der Waals surface area contributed by atoms with Crippen molar-refractivity contribution in [1.82, 2.24) is 5.32 Å². The van der Waals surface area contributed by atoms with Gasteiger partial charge in [-0.15, -0.1) is 0 Å². The van der Waals surface area contributed by atoms with Gasteiger partial charge in [-0.2, -0.15) is 0 Å². The van der Waals surface area contributed by atoms with Gasteiger partial charge in [0.1, 0.15) is 6.10 Å². The van der Waals surface area contributed by atoms with Gasteiger partial charge < -0.3 is 20.6 Å². The lowest BCUT2D eigenvalue weighted by Gasteiger charge is -2.23.